The zero-order valence-electron chi connectivity index (χ0n) is 11.5. The molecule has 0 radical (unpaired) electrons. The van der Waals surface area contributed by atoms with E-state index in [4.69, 9.17) is 0 Å². The van der Waals surface area contributed by atoms with Crippen molar-refractivity contribution >= 4 is 5.91 Å². The van der Waals surface area contributed by atoms with E-state index in [1.807, 2.05) is 0 Å². The van der Waals surface area contributed by atoms with Gasteiger partial charge in [-0.25, -0.2) is 0 Å². The number of likely N-dealkylation sites (N-methyl/N-ethyl adjacent to an activating group) is 1. The standard InChI is InChI=1S/C13H27N3O/c1-4-14-11(3)9-13(17)15-10-12-7-6-8-16(12)5-2/h11-12,14H,4-10H2,1-3H3,(H,15,17). The molecule has 0 saturated carbocycles. The number of carbonyl (C=O) groups excluding carboxylic acids is 1. The lowest BCUT2D eigenvalue weighted by atomic mass is 10.2. The van der Waals surface area contributed by atoms with Gasteiger partial charge in [-0.3, -0.25) is 9.69 Å². The first-order chi connectivity index (χ1) is 8.17. The minimum absolute atomic E-state index is 0.168. The highest BCUT2D eigenvalue weighted by Gasteiger charge is 2.23. The summed E-state index contributed by atoms with van der Waals surface area (Å²) in [5, 5.41) is 6.31. The second kappa shape index (κ2) is 7.67. The number of rotatable bonds is 7. The van der Waals surface area contributed by atoms with E-state index in [2.05, 4.69) is 36.3 Å². The van der Waals surface area contributed by atoms with Crippen LogP contribution in [0.25, 0.3) is 0 Å². The van der Waals surface area contributed by atoms with E-state index in [1.165, 1.54) is 19.4 Å². The first-order valence-corrected chi connectivity index (χ1v) is 6.91. The van der Waals surface area contributed by atoms with Gasteiger partial charge in [-0.1, -0.05) is 13.8 Å². The number of nitrogens with one attached hydrogen (secondary N) is 2. The Morgan fingerprint density at radius 3 is 2.88 bits per heavy atom. The third-order valence-electron chi connectivity index (χ3n) is 3.48. The fourth-order valence-corrected chi connectivity index (χ4v) is 2.55. The second-order valence-corrected chi connectivity index (χ2v) is 4.89. The molecule has 0 aromatic carbocycles. The fourth-order valence-electron chi connectivity index (χ4n) is 2.55. The van der Waals surface area contributed by atoms with Crippen LogP contribution in [0.4, 0.5) is 0 Å². The Labute approximate surface area is 105 Å². The predicted molar refractivity (Wildman–Crippen MR) is 71.0 cm³/mol. The van der Waals surface area contributed by atoms with Gasteiger partial charge in [-0.05, 0) is 39.4 Å². The third-order valence-corrected chi connectivity index (χ3v) is 3.48. The monoisotopic (exact) mass is 241 g/mol. The van der Waals surface area contributed by atoms with E-state index in [9.17, 15) is 4.79 Å². The van der Waals surface area contributed by atoms with Crippen molar-refractivity contribution in [2.45, 2.75) is 52.1 Å². The molecule has 2 atom stereocenters. The minimum Gasteiger partial charge on any atom is -0.354 e. The van der Waals surface area contributed by atoms with E-state index in [0.29, 0.717) is 12.5 Å². The van der Waals surface area contributed by atoms with Crippen LogP contribution in [0.5, 0.6) is 0 Å². The molecule has 0 bridgehead atoms. The Balaban J connectivity index is 2.19. The summed E-state index contributed by atoms with van der Waals surface area (Å²) >= 11 is 0. The molecule has 1 aliphatic heterocycles. The van der Waals surface area contributed by atoms with Gasteiger partial charge in [0.2, 0.25) is 5.91 Å². The van der Waals surface area contributed by atoms with Crippen LogP contribution < -0.4 is 10.6 Å². The maximum absolute atomic E-state index is 11.7. The Morgan fingerprint density at radius 1 is 1.47 bits per heavy atom. The van der Waals surface area contributed by atoms with Crippen molar-refractivity contribution in [2.75, 3.05) is 26.2 Å². The Kier molecular flexibility index (Phi) is 6.52. The van der Waals surface area contributed by atoms with Crippen molar-refractivity contribution in [3.8, 4) is 0 Å². The van der Waals surface area contributed by atoms with Gasteiger partial charge in [0.1, 0.15) is 0 Å². The van der Waals surface area contributed by atoms with Crippen molar-refractivity contribution < 1.29 is 4.79 Å². The number of amides is 1. The van der Waals surface area contributed by atoms with E-state index < -0.39 is 0 Å². The molecular weight excluding hydrogens is 214 g/mol. The van der Waals surface area contributed by atoms with Crippen LogP contribution in [0.2, 0.25) is 0 Å². The summed E-state index contributed by atoms with van der Waals surface area (Å²) in [5.74, 6) is 0.168. The quantitative estimate of drug-likeness (QED) is 0.698. The average Bonchev–Trinajstić information content (AvgIpc) is 2.73. The van der Waals surface area contributed by atoms with Gasteiger partial charge in [0.25, 0.3) is 0 Å². The van der Waals surface area contributed by atoms with Crippen molar-refractivity contribution in [1.82, 2.24) is 15.5 Å². The summed E-state index contributed by atoms with van der Waals surface area (Å²) in [6, 6.07) is 0.823. The molecule has 1 fully saturated rings. The van der Waals surface area contributed by atoms with Crippen LogP contribution in [0.15, 0.2) is 0 Å². The molecule has 100 valence electrons. The largest absolute Gasteiger partial charge is 0.354 e. The Bertz CT molecular complexity index is 233. The van der Waals surface area contributed by atoms with Crippen molar-refractivity contribution in [3.63, 3.8) is 0 Å². The fraction of sp³-hybridized carbons (Fsp3) is 0.923. The summed E-state index contributed by atoms with van der Waals surface area (Å²) in [6.45, 7) is 10.3. The van der Waals surface area contributed by atoms with Crippen molar-refractivity contribution in [2.24, 2.45) is 0 Å². The lowest BCUT2D eigenvalue weighted by Crippen LogP contribution is -2.41. The molecule has 1 saturated heterocycles. The summed E-state index contributed by atoms with van der Waals surface area (Å²) in [6.07, 6.45) is 3.06. The first-order valence-electron chi connectivity index (χ1n) is 6.91. The summed E-state index contributed by atoms with van der Waals surface area (Å²) < 4.78 is 0. The first kappa shape index (κ1) is 14.5. The van der Waals surface area contributed by atoms with Crippen LogP contribution in [0.1, 0.15) is 40.0 Å². The van der Waals surface area contributed by atoms with Crippen LogP contribution in [0.3, 0.4) is 0 Å². The molecule has 4 heteroatoms. The molecule has 0 spiro atoms. The molecule has 4 nitrogen and oxygen atoms in total. The molecule has 0 aromatic rings. The smallest absolute Gasteiger partial charge is 0.221 e. The third kappa shape index (κ3) is 5.04. The maximum atomic E-state index is 11.7. The highest BCUT2D eigenvalue weighted by atomic mass is 16.1. The number of hydrogen-bond donors (Lipinski definition) is 2. The average molecular weight is 241 g/mol. The van der Waals surface area contributed by atoms with Crippen molar-refractivity contribution in [1.29, 1.82) is 0 Å². The molecule has 0 aliphatic carbocycles. The molecule has 2 unspecified atom stereocenters. The molecule has 1 amide bonds. The lowest BCUT2D eigenvalue weighted by Gasteiger charge is -2.23. The van der Waals surface area contributed by atoms with Gasteiger partial charge in [-0.15, -0.1) is 0 Å². The molecule has 2 N–H and O–H groups in total. The number of hydrogen-bond acceptors (Lipinski definition) is 3. The van der Waals surface area contributed by atoms with Gasteiger partial charge >= 0.3 is 0 Å². The normalized spacial score (nSPS) is 22.6. The molecule has 1 aliphatic rings. The number of carbonyl (C=O) groups is 1. The van der Waals surface area contributed by atoms with Crippen molar-refractivity contribution in [3.05, 3.63) is 0 Å². The van der Waals surface area contributed by atoms with Crippen LogP contribution in [-0.4, -0.2) is 49.1 Å². The van der Waals surface area contributed by atoms with E-state index in [0.717, 1.165) is 19.6 Å². The van der Waals surface area contributed by atoms with E-state index in [-0.39, 0.29) is 11.9 Å². The van der Waals surface area contributed by atoms with Crippen LogP contribution in [-0.2, 0) is 4.79 Å². The summed E-state index contributed by atoms with van der Waals surface area (Å²) in [5.41, 5.74) is 0. The number of likely N-dealkylation sites (tertiary alicyclic amines) is 1. The van der Waals surface area contributed by atoms with Gasteiger partial charge in [0, 0.05) is 25.0 Å². The topological polar surface area (TPSA) is 44.4 Å². The molecular formula is C13H27N3O. The van der Waals surface area contributed by atoms with Gasteiger partial charge in [0.05, 0.1) is 0 Å². The highest BCUT2D eigenvalue weighted by Crippen LogP contribution is 2.15. The van der Waals surface area contributed by atoms with E-state index >= 15 is 0 Å². The van der Waals surface area contributed by atoms with Crippen LogP contribution in [0, 0.1) is 0 Å². The molecule has 0 aromatic heterocycles. The molecule has 1 rings (SSSR count). The Hall–Kier alpha value is -0.610. The van der Waals surface area contributed by atoms with Gasteiger partial charge in [0.15, 0.2) is 0 Å². The number of nitrogens with zero attached hydrogens (tertiary/aromatic N) is 1. The minimum atomic E-state index is 0.168. The van der Waals surface area contributed by atoms with Gasteiger partial charge in [-0.2, -0.15) is 0 Å². The maximum Gasteiger partial charge on any atom is 0.221 e. The zero-order valence-corrected chi connectivity index (χ0v) is 11.5. The highest BCUT2D eigenvalue weighted by molar-refractivity contribution is 5.76. The van der Waals surface area contributed by atoms with E-state index in [1.54, 1.807) is 0 Å². The Morgan fingerprint density at radius 2 is 2.24 bits per heavy atom. The second-order valence-electron chi connectivity index (χ2n) is 4.89. The SMILES string of the molecule is CCNC(C)CC(=O)NCC1CCCN1CC. The summed E-state index contributed by atoms with van der Waals surface area (Å²) in [7, 11) is 0. The molecule has 1 heterocycles. The predicted octanol–water partition coefficient (Wildman–Crippen LogP) is 0.975. The summed E-state index contributed by atoms with van der Waals surface area (Å²) in [4.78, 5) is 14.2. The lowest BCUT2D eigenvalue weighted by molar-refractivity contribution is -0.121. The van der Waals surface area contributed by atoms with Gasteiger partial charge < -0.3 is 10.6 Å². The van der Waals surface area contributed by atoms with Crippen LogP contribution >= 0.6 is 0 Å². The molecule has 17 heavy (non-hydrogen) atoms. The zero-order chi connectivity index (χ0) is 12.7.